The van der Waals surface area contributed by atoms with E-state index in [0.717, 1.165) is 24.2 Å². The third-order valence-electron chi connectivity index (χ3n) is 3.75. The van der Waals surface area contributed by atoms with Gasteiger partial charge in [0.1, 0.15) is 5.75 Å². The van der Waals surface area contributed by atoms with Crippen molar-refractivity contribution in [1.29, 1.82) is 0 Å². The Labute approximate surface area is 131 Å². The van der Waals surface area contributed by atoms with Crippen LogP contribution in [0, 0.1) is 0 Å². The topological polar surface area (TPSA) is 68.8 Å². The van der Waals surface area contributed by atoms with E-state index in [1.807, 2.05) is 24.3 Å². The zero-order chi connectivity index (χ0) is 15.8. The molecular weight excluding hydrogens is 284 g/mol. The van der Waals surface area contributed by atoms with Gasteiger partial charge in [-0.25, -0.2) is 4.79 Å². The third kappa shape index (κ3) is 4.89. The molecule has 1 saturated heterocycles. The number of ether oxygens (including phenoxy) is 3. The third-order valence-corrected chi connectivity index (χ3v) is 3.75. The summed E-state index contributed by atoms with van der Waals surface area (Å²) in [5.41, 5.74) is 0.966. The fourth-order valence-electron chi connectivity index (χ4n) is 2.44. The number of rotatable bonds is 6. The summed E-state index contributed by atoms with van der Waals surface area (Å²) in [4.78, 5) is 11.9. The summed E-state index contributed by atoms with van der Waals surface area (Å²) in [5, 5.41) is 5.82. The van der Waals surface area contributed by atoms with Gasteiger partial charge in [0.25, 0.3) is 0 Å². The van der Waals surface area contributed by atoms with Crippen molar-refractivity contribution in [3.63, 3.8) is 0 Å². The number of benzene rings is 1. The van der Waals surface area contributed by atoms with Crippen LogP contribution in [0.5, 0.6) is 5.75 Å². The lowest BCUT2D eigenvalue weighted by molar-refractivity contribution is 0.0790. The molecule has 0 saturated carbocycles. The summed E-state index contributed by atoms with van der Waals surface area (Å²) in [6, 6.07) is 7.66. The van der Waals surface area contributed by atoms with Crippen molar-refractivity contribution < 1.29 is 19.0 Å². The van der Waals surface area contributed by atoms with Crippen LogP contribution in [-0.4, -0.2) is 46.1 Å². The molecule has 1 aromatic rings. The summed E-state index contributed by atoms with van der Waals surface area (Å²) >= 11 is 0. The second-order valence-corrected chi connectivity index (χ2v) is 5.24. The van der Waals surface area contributed by atoms with Gasteiger partial charge in [0.2, 0.25) is 0 Å². The smallest absolute Gasteiger partial charge is 0.315 e. The van der Waals surface area contributed by atoms with E-state index in [0.29, 0.717) is 19.8 Å². The van der Waals surface area contributed by atoms with Crippen LogP contribution in [0.1, 0.15) is 24.5 Å². The van der Waals surface area contributed by atoms with E-state index in [1.165, 1.54) is 0 Å². The van der Waals surface area contributed by atoms with Crippen molar-refractivity contribution in [3.05, 3.63) is 29.8 Å². The number of carbonyl (C=O) groups excluding carboxylic acids is 1. The van der Waals surface area contributed by atoms with Crippen LogP contribution < -0.4 is 15.4 Å². The molecule has 0 aliphatic carbocycles. The minimum absolute atomic E-state index is 0.170. The normalized spacial score (nSPS) is 16.8. The molecule has 2 N–H and O–H groups in total. The Hall–Kier alpha value is -1.79. The van der Waals surface area contributed by atoms with Gasteiger partial charge in [-0.2, -0.15) is 0 Å². The molecule has 1 aliphatic heterocycles. The standard InChI is InChI=1S/C16H24N2O4/c1-20-14-5-3-4-12(10-14)15(21-2)11-17-16(19)18-13-6-8-22-9-7-13/h3-5,10,13,15H,6-9,11H2,1-2H3,(H2,17,18,19)/t15-/m1/s1. The maximum absolute atomic E-state index is 11.9. The Kier molecular flexibility index (Phi) is 6.48. The predicted octanol–water partition coefficient (Wildman–Crippen LogP) is 1.86. The molecule has 2 rings (SSSR count). The molecular formula is C16H24N2O4. The number of hydrogen-bond donors (Lipinski definition) is 2. The van der Waals surface area contributed by atoms with E-state index < -0.39 is 0 Å². The fraction of sp³-hybridized carbons (Fsp3) is 0.562. The molecule has 0 radical (unpaired) electrons. The molecule has 2 amide bonds. The number of methoxy groups -OCH3 is 2. The SMILES string of the molecule is COc1cccc([C@@H](CNC(=O)NC2CCOCC2)OC)c1. The Balaban J connectivity index is 1.83. The first-order chi connectivity index (χ1) is 10.7. The van der Waals surface area contributed by atoms with Crippen LogP contribution in [-0.2, 0) is 9.47 Å². The van der Waals surface area contributed by atoms with E-state index in [2.05, 4.69) is 10.6 Å². The van der Waals surface area contributed by atoms with Gasteiger partial charge in [-0.3, -0.25) is 0 Å². The van der Waals surface area contributed by atoms with E-state index in [1.54, 1.807) is 14.2 Å². The first kappa shape index (κ1) is 16.6. The molecule has 1 atom stereocenters. The minimum Gasteiger partial charge on any atom is -0.497 e. The van der Waals surface area contributed by atoms with E-state index in [4.69, 9.17) is 14.2 Å². The van der Waals surface area contributed by atoms with Gasteiger partial charge in [-0.1, -0.05) is 12.1 Å². The highest BCUT2D eigenvalue weighted by atomic mass is 16.5. The number of amides is 2. The molecule has 1 aliphatic rings. The minimum atomic E-state index is -0.212. The highest BCUT2D eigenvalue weighted by Crippen LogP contribution is 2.20. The van der Waals surface area contributed by atoms with Gasteiger partial charge in [-0.15, -0.1) is 0 Å². The van der Waals surface area contributed by atoms with Crippen molar-refractivity contribution in [2.45, 2.75) is 25.0 Å². The lowest BCUT2D eigenvalue weighted by atomic mass is 10.1. The highest BCUT2D eigenvalue weighted by Gasteiger charge is 2.17. The molecule has 6 heteroatoms. The zero-order valence-electron chi connectivity index (χ0n) is 13.1. The molecule has 1 aromatic carbocycles. The zero-order valence-corrected chi connectivity index (χ0v) is 13.1. The van der Waals surface area contributed by atoms with Gasteiger partial charge in [0.05, 0.1) is 13.2 Å². The summed E-state index contributed by atoms with van der Waals surface area (Å²) in [5.74, 6) is 0.770. The number of urea groups is 1. The molecule has 6 nitrogen and oxygen atoms in total. The Morgan fingerprint density at radius 2 is 2.14 bits per heavy atom. The summed E-state index contributed by atoms with van der Waals surface area (Å²) in [6.45, 7) is 1.81. The van der Waals surface area contributed by atoms with Crippen LogP contribution in [0.4, 0.5) is 4.79 Å². The monoisotopic (exact) mass is 308 g/mol. The lowest BCUT2D eigenvalue weighted by Crippen LogP contribution is -2.45. The molecule has 22 heavy (non-hydrogen) atoms. The maximum atomic E-state index is 11.9. The van der Waals surface area contributed by atoms with Crippen LogP contribution in [0.2, 0.25) is 0 Å². The summed E-state index contributed by atoms with van der Waals surface area (Å²) in [6.07, 6.45) is 1.50. The molecule has 1 heterocycles. The first-order valence-corrected chi connectivity index (χ1v) is 7.51. The number of carbonyl (C=O) groups is 1. The van der Waals surface area contributed by atoms with Crippen molar-refractivity contribution in [2.24, 2.45) is 0 Å². The van der Waals surface area contributed by atoms with Crippen molar-refractivity contribution in [3.8, 4) is 5.75 Å². The predicted molar refractivity (Wildman–Crippen MR) is 83.1 cm³/mol. The fourth-order valence-corrected chi connectivity index (χ4v) is 2.44. The Morgan fingerprint density at radius 1 is 1.36 bits per heavy atom. The van der Waals surface area contributed by atoms with Gasteiger partial charge in [0.15, 0.2) is 0 Å². The number of nitrogens with one attached hydrogen (secondary N) is 2. The molecule has 0 aromatic heterocycles. The molecule has 0 unspecified atom stereocenters. The quantitative estimate of drug-likeness (QED) is 0.841. The number of hydrogen-bond acceptors (Lipinski definition) is 4. The van der Waals surface area contributed by atoms with Crippen LogP contribution in [0.15, 0.2) is 24.3 Å². The first-order valence-electron chi connectivity index (χ1n) is 7.51. The van der Waals surface area contributed by atoms with E-state index in [9.17, 15) is 4.79 Å². The maximum Gasteiger partial charge on any atom is 0.315 e. The average molecular weight is 308 g/mol. The molecule has 1 fully saturated rings. The summed E-state index contributed by atoms with van der Waals surface area (Å²) in [7, 11) is 3.25. The van der Waals surface area contributed by atoms with Crippen molar-refractivity contribution in [1.82, 2.24) is 10.6 Å². The Morgan fingerprint density at radius 3 is 2.82 bits per heavy atom. The van der Waals surface area contributed by atoms with Crippen LogP contribution >= 0.6 is 0 Å². The lowest BCUT2D eigenvalue weighted by Gasteiger charge is -2.24. The van der Waals surface area contributed by atoms with Crippen molar-refractivity contribution in [2.75, 3.05) is 34.0 Å². The highest BCUT2D eigenvalue weighted by molar-refractivity contribution is 5.74. The largest absolute Gasteiger partial charge is 0.497 e. The second-order valence-electron chi connectivity index (χ2n) is 5.24. The van der Waals surface area contributed by atoms with Gasteiger partial charge in [0, 0.05) is 32.9 Å². The summed E-state index contributed by atoms with van der Waals surface area (Å²) < 4.78 is 15.9. The average Bonchev–Trinajstić information content (AvgIpc) is 2.56. The van der Waals surface area contributed by atoms with Crippen LogP contribution in [0.3, 0.4) is 0 Å². The molecule has 122 valence electrons. The Bertz CT molecular complexity index is 475. The molecule has 0 bridgehead atoms. The molecule has 0 spiro atoms. The second kappa shape index (κ2) is 8.60. The van der Waals surface area contributed by atoms with Crippen molar-refractivity contribution >= 4 is 6.03 Å². The van der Waals surface area contributed by atoms with Gasteiger partial charge < -0.3 is 24.8 Å². The van der Waals surface area contributed by atoms with Gasteiger partial charge >= 0.3 is 6.03 Å². The van der Waals surface area contributed by atoms with E-state index in [-0.39, 0.29) is 18.2 Å². The van der Waals surface area contributed by atoms with Gasteiger partial charge in [-0.05, 0) is 30.5 Å². The van der Waals surface area contributed by atoms with Crippen LogP contribution in [0.25, 0.3) is 0 Å². The van der Waals surface area contributed by atoms with E-state index >= 15 is 0 Å².